The van der Waals surface area contributed by atoms with Crippen molar-refractivity contribution in [2.75, 3.05) is 12.4 Å². The smallest absolute Gasteiger partial charge is 0.271 e. The van der Waals surface area contributed by atoms with Crippen LogP contribution in [0.4, 0.5) is 5.69 Å². The number of carbonyl (C=O) groups is 2. The lowest BCUT2D eigenvalue weighted by Crippen LogP contribution is -2.24. The molecule has 0 aliphatic heterocycles. The molecule has 0 radical (unpaired) electrons. The van der Waals surface area contributed by atoms with Crippen LogP contribution >= 0.6 is 0 Å². The van der Waals surface area contributed by atoms with Crippen LogP contribution in [0.5, 0.6) is 5.75 Å². The summed E-state index contributed by atoms with van der Waals surface area (Å²) in [4.78, 5) is 24.5. The van der Waals surface area contributed by atoms with E-state index in [1.165, 1.54) is 12.6 Å². The Labute approximate surface area is 165 Å². The normalized spacial score (nSPS) is 14.6. The Balaban J connectivity index is 1.54. The average Bonchev–Trinajstić information content (AvgIpc) is 2.75. The monoisotopic (exact) mass is 379 g/mol. The molecule has 146 valence electrons. The second-order valence-corrected chi connectivity index (χ2v) is 6.84. The van der Waals surface area contributed by atoms with Crippen molar-refractivity contribution in [3.05, 3.63) is 59.7 Å². The van der Waals surface area contributed by atoms with Crippen LogP contribution in [0, 0.1) is 5.92 Å². The van der Waals surface area contributed by atoms with Crippen molar-refractivity contribution in [2.45, 2.75) is 32.1 Å². The molecule has 2 aromatic carbocycles. The Morgan fingerprint density at radius 2 is 1.75 bits per heavy atom. The topological polar surface area (TPSA) is 79.8 Å². The molecule has 1 aliphatic carbocycles. The van der Waals surface area contributed by atoms with Crippen molar-refractivity contribution in [3.63, 3.8) is 0 Å². The zero-order valence-electron chi connectivity index (χ0n) is 16.0. The van der Waals surface area contributed by atoms with Crippen LogP contribution in [0.1, 0.15) is 48.0 Å². The molecule has 0 saturated heterocycles. The van der Waals surface area contributed by atoms with Crippen LogP contribution < -0.4 is 15.5 Å². The third-order valence-corrected chi connectivity index (χ3v) is 4.90. The van der Waals surface area contributed by atoms with Gasteiger partial charge in [0, 0.05) is 22.7 Å². The van der Waals surface area contributed by atoms with Gasteiger partial charge in [-0.1, -0.05) is 31.4 Å². The number of para-hydroxylation sites is 1. The molecule has 1 saturated carbocycles. The van der Waals surface area contributed by atoms with E-state index < -0.39 is 0 Å². The number of benzene rings is 2. The number of hydrogen-bond donors (Lipinski definition) is 2. The quantitative estimate of drug-likeness (QED) is 0.588. The average molecular weight is 379 g/mol. The lowest BCUT2D eigenvalue weighted by Gasteiger charge is -2.20. The fourth-order valence-electron chi connectivity index (χ4n) is 3.31. The van der Waals surface area contributed by atoms with Gasteiger partial charge in [0.05, 0.1) is 13.3 Å². The Morgan fingerprint density at radius 3 is 2.46 bits per heavy atom. The van der Waals surface area contributed by atoms with E-state index in [-0.39, 0.29) is 17.7 Å². The first-order valence-corrected chi connectivity index (χ1v) is 9.54. The molecule has 2 amide bonds. The van der Waals surface area contributed by atoms with Crippen molar-refractivity contribution >= 4 is 23.7 Å². The van der Waals surface area contributed by atoms with Gasteiger partial charge in [0.1, 0.15) is 5.75 Å². The van der Waals surface area contributed by atoms with Crippen molar-refractivity contribution < 1.29 is 14.3 Å². The lowest BCUT2D eigenvalue weighted by atomic mass is 9.88. The molecule has 0 atom stereocenters. The van der Waals surface area contributed by atoms with Crippen LogP contribution in [0.15, 0.2) is 53.6 Å². The summed E-state index contributed by atoms with van der Waals surface area (Å²) < 4.78 is 5.24. The summed E-state index contributed by atoms with van der Waals surface area (Å²) in [5.74, 6) is 0.522. The number of nitrogens with zero attached hydrogens (tertiary/aromatic N) is 1. The molecule has 1 aliphatic rings. The van der Waals surface area contributed by atoms with Crippen LogP contribution in [0.2, 0.25) is 0 Å². The van der Waals surface area contributed by atoms with Crippen LogP contribution in [0.3, 0.4) is 0 Å². The molecule has 0 aromatic heterocycles. The number of anilines is 1. The SMILES string of the molecule is COc1ccccc1/C=N/NC(=O)c1ccc(NC(=O)C2CCCCC2)cc1. The number of hydrazone groups is 1. The molecule has 2 N–H and O–H groups in total. The standard InChI is InChI=1S/C22H25N3O3/c1-28-20-10-6-5-9-18(20)15-23-25-22(27)17-11-13-19(14-12-17)24-21(26)16-7-3-2-4-8-16/h5-6,9-16H,2-4,7-8H2,1H3,(H,24,26)(H,25,27)/b23-15+. The molecule has 28 heavy (non-hydrogen) atoms. The molecule has 6 nitrogen and oxygen atoms in total. The summed E-state index contributed by atoms with van der Waals surface area (Å²) in [6.45, 7) is 0. The van der Waals surface area contributed by atoms with Crippen LogP contribution in [-0.4, -0.2) is 25.1 Å². The number of amides is 2. The fourth-order valence-corrected chi connectivity index (χ4v) is 3.31. The molecule has 0 unspecified atom stereocenters. The van der Waals surface area contributed by atoms with E-state index in [2.05, 4.69) is 15.8 Å². The predicted molar refractivity (Wildman–Crippen MR) is 110 cm³/mol. The molecule has 3 rings (SSSR count). The highest BCUT2D eigenvalue weighted by Crippen LogP contribution is 2.25. The van der Waals surface area contributed by atoms with Gasteiger partial charge in [-0.15, -0.1) is 0 Å². The van der Waals surface area contributed by atoms with Gasteiger partial charge in [0.15, 0.2) is 0 Å². The molecule has 0 heterocycles. The van der Waals surface area contributed by atoms with Crippen LogP contribution in [0.25, 0.3) is 0 Å². The van der Waals surface area contributed by atoms with E-state index in [9.17, 15) is 9.59 Å². The number of hydrogen-bond acceptors (Lipinski definition) is 4. The minimum absolute atomic E-state index is 0.0679. The van der Waals surface area contributed by atoms with E-state index in [1.54, 1.807) is 31.4 Å². The predicted octanol–water partition coefficient (Wildman–Crippen LogP) is 3.98. The van der Waals surface area contributed by atoms with Crippen LogP contribution in [-0.2, 0) is 4.79 Å². The first kappa shape index (κ1) is 19.6. The number of carbonyl (C=O) groups excluding carboxylic acids is 2. The molecule has 6 heteroatoms. The zero-order chi connectivity index (χ0) is 19.8. The van der Waals surface area contributed by atoms with Crippen molar-refractivity contribution in [2.24, 2.45) is 11.0 Å². The number of methoxy groups -OCH3 is 1. The highest BCUT2D eigenvalue weighted by atomic mass is 16.5. The Bertz CT molecular complexity index is 840. The first-order valence-electron chi connectivity index (χ1n) is 9.54. The molecule has 0 bridgehead atoms. The van der Waals surface area contributed by atoms with Gasteiger partial charge in [0.2, 0.25) is 5.91 Å². The van der Waals surface area contributed by atoms with Gasteiger partial charge in [0.25, 0.3) is 5.91 Å². The Morgan fingerprint density at radius 1 is 1.04 bits per heavy atom. The molecule has 1 fully saturated rings. The molecule has 0 spiro atoms. The summed E-state index contributed by atoms with van der Waals surface area (Å²) in [7, 11) is 1.58. The van der Waals surface area contributed by atoms with Gasteiger partial charge in [-0.2, -0.15) is 5.10 Å². The van der Waals surface area contributed by atoms with E-state index in [4.69, 9.17) is 4.74 Å². The van der Waals surface area contributed by atoms with Gasteiger partial charge >= 0.3 is 0 Å². The summed E-state index contributed by atoms with van der Waals surface area (Å²) in [6, 6.07) is 14.2. The number of rotatable bonds is 6. The summed E-state index contributed by atoms with van der Waals surface area (Å²) in [6.07, 6.45) is 6.90. The zero-order valence-corrected chi connectivity index (χ0v) is 16.0. The van der Waals surface area contributed by atoms with Gasteiger partial charge in [-0.05, 0) is 49.2 Å². The number of ether oxygens (including phenoxy) is 1. The second kappa shape index (κ2) is 9.69. The van der Waals surface area contributed by atoms with Crippen molar-refractivity contribution in [1.29, 1.82) is 0 Å². The second-order valence-electron chi connectivity index (χ2n) is 6.84. The van der Waals surface area contributed by atoms with E-state index in [0.29, 0.717) is 17.0 Å². The van der Waals surface area contributed by atoms with Gasteiger partial charge < -0.3 is 10.1 Å². The highest BCUT2D eigenvalue weighted by Gasteiger charge is 2.21. The summed E-state index contributed by atoms with van der Waals surface area (Å²) in [5, 5.41) is 6.93. The fraction of sp³-hybridized carbons (Fsp3) is 0.318. The maximum absolute atomic E-state index is 12.3. The van der Waals surface area contributed by atoms with Gasteiger partial charge in [-0.3, -0.25) is 9.59 Å². The lowest BCUT2D eigenvalue weighted by molar-refractivity contribution is -0.120. The largest absolute Gasteiger partial charge is 0.496 e. The minimum Gasteiger partial charge on any atom is -0.496 e. The van der Waals surface area contributed by atoms with Crippen molar-refractivity contribution in [3.8, 4) is 5.75 Å². The third kappa shape index (κ3) is 5.19. The van der Waals surface area contributed by atoms with E-state index in [0.717, 1.165) is 31.2 Å². The highest BCUT2D eigenvalue weighted by molar-refractivity contribution is 5.96. The van der Waals surface area contributed by atoms with E-state index in [1.807, 2.05) is 24.3 Å². The Kier molecular flexibility index (Phi) is 6.78. The maximum Gasteiger partial charge on any atom is 0.271 e. The first-order chi connectivity index (χ1) is 13.7. The van der Waals surface area contributed by atoms with Crippen molar-refractivity contribution in [1.82, 2.24) is 5.43 Å². The Hall–Kier alpha value is -3.15. The molecule has 2 aromatic rings. The molecular weight excluding hydrogens is 354 g/mol. The molecular formula is C22H25N3O3. The third-order valence-electron chi connectivity index (χ3n) is 4.90. The number of nitrogens with one attached hydrogen (secondary N) is 2. The summed E-state index contributed by atoms with van der Waals surface area (Å²) in [5.41, 5.74) is 4.43. The van der Waals surface area contributed by atoms with E-state index >= 15 is 0 Å². The summed E-state index contributed by atoms with van der Waals surface area (Å²) >= 11 is 0. The minimum atomic E-state index is -0.323. The van der Waals surface area contributed by atoms with Gasteiger partial charge in [-0.25, -0.2) is 5.43 Å². The maximum atomic E-state index is 12.3.